The molecule has 138 valence electrons. The van der Waals surface area contributed by atoms with Gasteiger partial charge in [-0.1, -0.05) is 31.0 Å². The van der Waals surface area contributed by atoms with E-state index in [0.717, 1.165) is 38.8 Å². The summed E-state index contributed by atoms with van der Waals surface area (Å²) in [5, 5.41) is 0. The molecular weight excluding hydrogens is 317 g/mol. The summed E-state index contributed by atoms with van der Waals surface area (Å²) in [6.45, 7) is 2.79. The van der Waals surface area contributed by atoms with Crippen LogP contribution in [0, 0.1) is 17.7 Å². The predicted octanol–water partition coefficient (Wildman–Crippen LogP) is 4.55. The Morgan fingerprint density at radius 2 is 1.80 bits per heavy atom. The summed E-state index contributed by atoms with van der Waals surface area (Å²) in [5.41, 5.74) is 0.620. The van der Waals surface area contributed by atoms with Crippen LogP contribution in [0.1, 0.15) is 56.9 Å². The molecule has 1 aliphatic heterocycles. The van der Waals surface area contributed by atoms with E-state index in [2.05, 4.69) is 4.90 Å². The summed E-state index contributed by atoms with van der Waals surface area (Å²) in [6, 6.07) is 6.77. The predicted molar refractivity (Wildman–Crippen MR) is 96.6 cm³/mol. The van der Waals surface area contributed by atoms with Crippen LogP contribution in [0.15, 0.2) is 24.3 Å². The van der Waals surface area contributed by atoms with Crippen molar-refractivity contribution in [2.75, 3.05) is 19.7 Å². The van der Waals surface area contributed by atoms with E-state index in [9.17, 15) is 9.18 Å². The highest BCUT2D eigenvalue weighted by Crippen LogP contribution is 2.29. The summed E-state index contributed by atoms with van der Waals surface area (Å²) in [7, 11) is 0. The molecule has 0 atom stereocenters. The smallest absolute Gasteiger partial charge is 0.222 e. The molecule has 3 rings (SSSR count). The van der Waals surface area contributed by atoms with Crippen molar-refractivity contribution in [3.8, 4) is 0 Å². The number of piperidine rings is 1. The fraction of sp³-hybridized carbons (Fsp3) is 0.667. The second kappa shape index (κ2) is 9.33. The average Bonchev–Trinajstić information content (AvgIpc) is 3.13. The number of carbonyl (C=O) groups excluding carboxylic acids is 1. The first-order valence-corrected chi connectivity index (χ1v) is 9.81. The number of hydrogen-bond acceptors (Lipinski definition) is 2. The lowest BCUT2D eigenvalue weighted by Crippen LogP contribution is -2.39. The zero-order valence-electron chi connectivity index (χ0n) is 15.1. The van der Waals surface area contributed by atoms with Crippen LogP contribution in [0.5, 0.6) is 0 Å². The number of carbonyl (C=O) groups is 1. The number of amides is 1. The topological polar surface area (TPSA) is 29.5 Å². The lowest BCUT2D eigenvalue weighted by atomic mass is 9.93. The minimum atomic E-state index is -0.198. The average molecular weight is 347 g/mol. The molecule has 1 aliphatic carbocycles. The zero-order valence-corrected chi connectivity index (χ0v) is 15.1. The molecule has 3 nitrogen and oxygen atoms in total. The first-order valence-electron chi connectivity index (χ1n) is 9.81. The Balaban J connectivity index is 1.30. The standard InChI is InChI=1S/C21H30FNO2/c22-20-8-4-3-7-19(20)16-25-14-11-17-9-12-23(13-10-17)21(24)15-18-5-1-2-6-18/h3-4,7-8,17-18H,1-2,5-6,9-16H2. The Labute approximate surface area is 150 Å². The fourth-order valence-electron chi connectivity index (χ4n) is 4.11. The third-order valence-corrected chi connectivity index (χ3v) is 5.79. The molecule has 0 spiro atoms. The maximum atomic E-state index is 13.5. The van der Waals surface area contributed by atoms with E-state index < -0.39 is 0 Å². The summed E-state index contributed by atoms with van der Waals surface area (Å²) in [5.74, 6) is 1.42. The van der Waals surface area contributed by atoms with Crippen molar-refractivity contribution >= 4 is 5.91 Å². The van der Waals surface area contributed by atoms with Gasteiger partial charge in [-0.05, 0) is 50.0 Å². The van der Waals surface area contributed by atoms with Crippen molar-refractivity contribution in [3.05, 3.63) is 35.6 Å². The second-order valence-electron chi connectivity index (χ2n) is 7.61. The molecule has 0 aromatic heterocycles. The largest absolute Gasteiger partial charge is 0.377 e. The molecule has 4 heteroatoms. The molecule has 1 amide bonds. The molecule has 2 aliphatic rings. The first kappa shape index (κ1) is 18.4. The molecule has 2 fully saturated rings. The summed E-state index contributed by atoms with van der Waals surface area (Å²) >= 11 is 0. The molecule has 25 heavy (non-hydrogen) atoms. The van der Waals surface area contributed by atoms with Crippen LogP contribution in [0.2, 0.25) is 0 Å². The number of hydrogen-bond donors (Lipinski definition) is 0. The van der Waals surface area contributed by atoms with Crippen LogP contribution >= 0.6 is 0 Å². The summed E-state index contributed by atoms with van der Waals surface area (Å²) < 4.78 is 19.2. The maximum Gasteiger partial charge on any atom is 0.222 e. The van der Waals surface area contributed by atoms with Gasteiger partial charge in [-0.25, -0.2) is 4.39 Å². The minimum absolute atomic E-state index is 0.198. The monoisotopic (exact) mass is 347 g/mol. The van der Waals surface area contributed by atoms with Crippen molar-refractivity contribution in [1.82, 2.24) is 4.90 Å². The zero-order chi connectivity index (χ0) is 17.5. The van der Waals surface area contributed by atoms with Crippen LogP contribution in [0.3, 0.4) is 0 Å². The van der Waals surface area contributed by atoms with E-state index >= 15 is 0 Å². The van der Waals surface area contributed by atoms with Crippen LogP contribution in [0.25, 0.3) is 0 Å². The first-order chi connectivity index (χ1) is 12.2. The van der Waals surface area contributed by atoms with Gasteiger partial charge in [-0.2, -0.15) is 0 Å². The Hall–Kier alpha value is -1.42. The molecule has 1 saturated heterocycles. The van der Waals surface area contributed by atoms with Crippen molar-refractivity contribution in [1.29, 1.82) is 0 Å². The SMILES string of the molecule is O=C(CC1CCCC1)N1CCC(CCOCc2ccccc2F)CC1. The summed E-state index contributed by atoms with van der Waals surface area (Å²) in [6.07, 6.45) is 8.97. The van der Waals surface area contributed by atoms with Gasteiger partial charge in [0, 0.05) is 31.7 Å². The molecule has 0 unspecified atom stereocenters. The van der Waals surface area contributed by atoms with Crippen molar-refractivity contribution < 1.29 is 13.9 Å². The van der Waals surface area contributed by atoms with Crippen LogP contribution in [0.4, 0.5) is 4.39 Å². The minimum Gasteiger partial charge on any atom is -0.377 e. The molecule has 0 radical (unpaired) electrons. The van der Waals surface area contributed by atoms with E-state index in [-0.39, 0.29) is 5.82 Å². The fourth-order valence-corrected chi connectivity index (χ4v) is 4.11. The second-order valence-corrected chi connectivity index (χ2v) is 7.61. The molecule has 1 aromatic carbocycles. The number of likely N-dealkylation sites (tertiary alicyclic amines) is 1. The van der Waals surface area contributed by atoms with Gasteiger partial charge in [0.15, 0.2) is 0 Å². The van der Waals surface area contributed by atoms with Gasteiger partial charge < -0.3 is 9.64 Å². The van der Waals surface area contributed by atoms with Gasteiger partial charge in [0.05, 0.1) is 6.61 Å². The van der Waals surface area contributed by atoms with Crippen LogP contribution < -0.4 is 0 Å². The van der Waals surface area contributed by atoms with Crippen LogP contribution in [-0.2, 0) is 16.1 Å². The van der Waals surface area contributed by atoms with Gasteiger partial charge in [0.25, 0.3) is 0 Å². The summed E-state index contributed by atoms with van der Waals surface area (Å²) in [4.78, 5) is 14.4. The van der Waals surface area contributed by atoms with E-state index in [0.29, 0.717) is 36.5 Å². The normalized spacial score (nSPS) is 19.5. The van der Waals surface area contributed by atoms with Gasteiger partial charge in [0.2, 0.25) is 5.91 Å². The number of halogens is 1. The molecule has 1 saturated carbocycles. The molecular formula is C21H30FNO2. The van der Waals surface area contributed by atoms with E-state index in [1.54, 1.807) is 12.1 Å². The molecule has 0 N–H and O–H groups in total. The van der Waals surface area contributed by atoms with E-state index in [1.165, 1.54) is 31.7 Å². The van der Waals surface area contributed by atoms with Gasteiger partial charge in [-0.3, -0.25) is 4.79 Å². The quantitative estimate of drug-likeness (QED) is 0.677. The highest BCUT2D eigenvalue weighted by atomic mass is 19.1. The molecule has 1 heterocycles. The van der Waals surface area contributed by atoms with E-state index in [4.69, 9.17) is 4.74 Å². The Morgan fingerprint density at radius 3 is 2.52 bits per heavy atom. The maximum absolute atomic E-state index is 13.5. The van der Waals surface area contributed by atoms with Gasteiger partial charge in [0.1, 0.15) is 5.82 Å². The Morgan fingerprint density at radius 1 is 1.08 bits per heavy atom. The number of ether oxygens (including phenoxy) is 1. The number of benzene rings is 1. The Bertz CT molecular complexity index is 549. The van der Waals surface area contributed by atoms with Crippen molar-refractivity contribution in [3.63, 3.8) is 0 Å². The number of nitrogens with zero attached hydrogens (tertiary/aromatic N) is 1. The highest BCUT2D eigenvalue weighted by Gasteiger charge is 2.25. The molecule has 0 bridgehead atoms. The third kappa shape index (κ3) is 5.53. The third-order valence-electron chi connectivity index (χ3n) is 5.79. The highest BCUT2D eigenvalue weighted by molar-refractivity contribution is 5.76. The lowest BCUT2D eigenvalue weighted by molar-refractivity contribution is -0.133. The van der Waals surface area contributed by atoms with Crippen molar-refractivity contribution in [2.45, 2.75) is 58.0 Å². The van der Waals surface area contributed by atoms with Crippen molar-refractivity contribution in [2.24, 2.45) is 11.8 Å². The van der Waals surface area contributed by atoms with Crippen LogP contribution in [-0.4, -0.2) is 30.5 Å². The lowest BCUT2D eigenvalue weighted by Gasteiger charge is -2.32. The number of rotatable bonds is 7. The van der Waals surface area contributed by atoms with Gasteiger partial charge >= 0.3 is 0 Å². The van der Waals surface area contributed by atoms with Gasteiger partial charge in [-0.15, -0.1) is 0 Å². The molecule has 1 aromatic rings. The van der Waals surface area contributed by atoms with E-state index in [1.807, 2.05) is 6.07 Å². The Kier molecular flexibility index (Phi) is 6.85.